The molecule has 1 saturated carbocycles. The fourth-order valence-corrected chi connectivity index (χ4v) is 3.68. The lowest BCUT2D eigenvalue weighted by Gasteiger charge is -2.41. The SMILES string of the molecule is CCNC(=NCC1(c2ccccc2)CCC1)NCCCOC1CCOC1. The lowest BCUT2D eigenvalue weighted by atomic mass is 9.64. The predicted molar refractivity (Wildman–Crippen MR) is 106 cm³/mol. The van der Waals surface area contributed by atoms with Crippen molar-refractivity contribution in [2.75, 3.05) is 39.5 Å². The van der Waals surface area contributed by atoms with Crippen molar-refractivity contribution in [3.63, 3.8) is 0 Å². The quantitative estimate of drug-likeness (QED) is 0.404. The van der Waals surface area contributed by atoms with E-state index in [-0.39, 0.29) is 5.41 Å². The molecule has 0 spiro atoms. The van der Waals surface area contributed by atoms with Gasteiger partial charge in [-0.05, 0) is 38.2 Å². The van der Waals surface area contributed by atoms with Gasteiger partial charge in [0.2, 0.25) is 0 Å². The summed E-state index contributed by atoms with van der Waals surface area (Å²) >= 11 is 0. The van der Waals surface area contributed by atoms with Gasteiger partial charge < -0.3 is 20.1 Å². The van der Waals surface area contributed by atoms with Gasteiger partial charge in [-0.1, -0.05) is 36.8 Å². The normalized spacial score (nSPS) is 22.0. The van der Waals surface area contributed by atoms with Crippen molar-refractivity contribution < 1.29 is 9.47 Å². The molecule has 0 aromatic heterocycles. The molecule has 1 atom stereocenters. The molecular formula is C21H33N3O2. The summed E-state index contributed by atoms with van der Waals surface area (Å²) in [5.41, 5.74) is 1.66. The maximum Gasteiger partial charge on any atom is 0.191 e. The minimum atomic E-state index is 0.231. The third-order valence-electron chi connectivity index (χ3n) is 5.44. The molecule has 1 unspecified atom stereocenters. The van der Waals surface area contributed by atoms with Crippen LogP contribution in [0.1, 0.15) is 44.6 Å². The van der Waals surface area contributed by atoms with E-state index in [1.807, 2.05) is 0 Å². The Bertz CT molecular complexity index is 552. The van der Waals surface area contributed by atoms with Crippen LogP contribution in [0.25, 0.3) is 0 Å². The Morgan fingerprint density at radius 1 is 1.27 bits per heavy atom. The smallest absolute Gasteiger partial charge is 0.191 e. The first-order chi connectivity index (χ1) is 12.8. The van der Waals surface area contributed by atoms with Gasteiger partial charge in [0.1, 0.15) is 0 Å². The van der Waals surface area contributed by atoms with E-state index in [1.165, 1.54) is 24.8 Å². The van der Waals surface area contributed by atoms with Crippen LogP contribution in [0.15, 0.2) is 35.3 Å². The van der Waals surface area contributed by atoms with E-state index in [4.69, 9.17) is 14.5 Å². The molecule has 0 amide bonds. The van der Waals surface area contributed by atoms with Crippen molar-refractivity contribution in [2.45, 2.75) is 50.5 Å². The second kappa shape index (κ2) is 9.93. The first-order valence-electron chi connectivity index (χ1n) is 10.1. The molecule has 2 N–H and O–H groups in total. The van der Waals surface area contributed by atoms with Crippen LogP contribution in [0.5, 0.6) is 0 Å². The van der Waals surface area contributed by atoms with Gasteiger partial charge in [0, 0.05) is 31.7 Å². The van der Waals surface area contributed by atoms with Gasteiger partial charge in [-0.2, -0.15) is 0 Å². The summed E-state index contributed by atoms with van der Waals surface area (Å²) in [7, 11) is 0. The second-order valence-electron chi connectivity index (χ2n) is 7.33. The largest absolute Gasteiger partial charge is 0.379 e. The van der Waals surface area contributed by atoms with Crippen molar-refractivity contribution in [1.29, 1.82) is 0 Å². The van der Waals surface area contributed by atoms with Crippen molar-refractivity contribution in [3.8, 4) is 0 Å². The first kappa shape index (κ1) is 19.2. The van der Waals surface area contributed by atoms with Crippen molar-refractivity contribution in [2.24, 2.45) is 4.99 Å². The monoisotopic (exact) mass is 359 g/mol. The average Bonchev–Trinajstić information content (AvgIpc) is 3.15. The molecule has 5 heteroatoms. The maximum absolute atomic E-state index is 5.82. The number of ether oxygens (including phenoxy) is 2. The Labute approximate surface area is 157 Å². The standard InChI is InChI=1S/C21H33N3O2/c1-2-22-20(23-13-7-14-26-19-10-15-25-16-19)24-17-21(11-6-12-21)18-8-4-3-5-9-18/h3-5,8-9,19H,2,6-7,10-17H2,1H3,(H2,22,23,24). The molecule has 1 aliphatic carbocycles. The Hall–Kier alpha value is -1.59. The van der Waals surface area contributed by atoms with Gasteiger partial charge in [-0.15, -0.1) is 0 Å². The fourth-order valence-electron chi connectivity index (χ4n) is 3.68. The van der Waals surface area contributed by atoms with Gasteiger partial charge in [-0.3, -0.25) is 4.99 Å². The summed E-state index contributed by atoms with van der Waals surface area (Å²) in [6, 6.07) is 10.9. The van der Waals surface area contributed by atoms with Gasteiger partial charge in [-0.25, -0.2) is 0 Å². The first-order valence-corrected chi connectivity index (χ1v) is 10.1. The van der Waals surface area contributed by atoms with Crippen molar-refractivity contribution in [3.05, 3.63) is 35.9 Å². The summed E-state index contributed by atoms with van der Waals surface area (Å²) in [6.07, 6.45) is 6.07. The van der Waals surface area contributed by atoms with E-state index < -0.39 is 0 Å². The van der Waals surface area contributed by atoms with Crippen molar-refractivity contribution in [1.82, 2.24) is 10.6 Å². The lowest BCUT2D eigenvalue weighted by molar-refractivity contribution is 0.0420. The molecular weight excluding hydrogens is 326 g/mol. The number of guanidine groups is 1. The number of hydrogen-bond acceptors (Lipinski definition) is 3. The van der Waals surface area contributed by atoms with Crippen LogP contribution in [-0.4, -0.2) is 51.5 Å². The Kier molecular flexibility index (Phi) is 7.32. The zero-order valence-corrected chi connectivity index (χ0v) is 16.0. The Morgan fingerprint density at radius 3 is 2.77 bits per heavy atom. The fraction of sp³-hybridized carbons (Fsp3) is 0.667. The third-order valence-corrected chi connectivity index (χ3v) is 5.44. The molecule has 0 bridgehead atoms. The number of hydrogen-bond donors (Lipinski definition) is 2. The molecule has 2 fully saturated rings. The Balaban J connectivity index is 1.45. The molecule has 1 saturated heterocycles. The lowest BCUT2D eigenvalue weighted by Crippen LogP contribution is -2.42. The van der Waals surface area contributed by atoms with Crippen LogP contribution in [0.2, 0.25) is 0 Å². The van der Waals surface area contributed by atoms with Crippen LogP contribution >= 0.6 is 0 Å². The molecule has 5 nitrogen and oxygen atoms in total. The van der Waals surface area contributed by atoms with E-state index in [0.717, 1.165) is 58.3 Å². The summed E-state index contributed by atoms with van der Waals surface area (Å²) in [5.74, 6) is 0.916. The summed E-state index contributed by atoms with van der Waals surface area (Å²) < 4.78 is 11.1. The van der Waals surface area contributed by atoms with Gasteiger partial charge >= 0.3 is 0 Å². The number of nitrogens with one attached hydrogen (secondary N) is 2. The molecule has 1 aromatic rings. The van der Waals surface area contributed by atoms with Gasteiger partial charge in [0.15, 0.2) is 5.96 Å². The highest BCUT2D eigenvalue weighted by Crippen LogP contribution is 2.43. The van der Waals surface area contributed by atoms with Gasteiger partial charge in [0.25, 0.3) is 0 Å². The zero-order chi connectivity index (χ0) is 18.1. The van der Waals surface area contributed by atoms with E-state index in [0.29, 0.717) is 6.10 Å². The molecule has 1 aliphatic heterocycles. The highest BCUT2D eigenvalue weighted by Gasteiger charge is 2.38. The van der Waals surface area contributed by atoms with E-state index in [1.54, 1.807) is 0 Å². The number of nitrogens with zero attached hydrogens (tertiary/aromatic N) is 1. The average molecular weight is 360 g/mol. The predicted octanol–water partition coefficient (Wildman–Crippen LogP) is 2.86. The molecule has 26 heavy (non-hydrogen) atoms. The molecule has 2 aliphatic rings. The van der Waals surface area contributed by atoms with Crippen LogP contribution in [0, 0.1) is 0 Å². The number of rotatable bonds is 9. The molecule has 3 rings (SSSR count). The van der Waals surface area contributed by atoms with Crippen LogP contribution in [-0.2, 0) is 14.9 Å². The molecule has 1 aromatic carbocycles. The van der Waals surface area contributed by atoms with Crippen LogP contribution < -0.4 is 10.6 Å². The summed E-state index contributed by atoms with van der Waals surface area (Å²) in [6.45, 7) is 7.06. The van der Waals surface area contributed by atoms with E-state index in [9.17, 15) is 0 Å². The molecule has 1 heterocycles. The summed E-state index contributed by atoms with van der Waals surface area (Å²) in [4.78, 5) is 4.89. The highest BCUT2D eigenvalue weighted by atomic mass is 16.5. The van der Waals surface area contributed by atoms with E-state index in [2.05, 4.69) is 47.9 Å². The molecule has 144 valence electrons. The van der Waals surface area contributed by atoms with Crippen LogP contribution in [0.4, 0.5) is 0 Å². The number of aliphatic imine (C=N–C) groups is 1. The minimum absolute atomic E-state index is 0.231. The topological polar surface area (TPSA) is 54.9 Å². The maximum atomic E-state index is 5.82. The van der Waals surface area contributed by atoms with Gasteiger partial charge in [0.05, 0.1) is 19.3 Å². The summed E-state index contributed by atoms with van der Waals surface area (Å²) in [5, 5.41) is 6.81. The third kappa shape index (κ3) is 5.21. The zero-order valence-electron chi connectivity index (χ0n) is 16.0. The second-order valence-corrected chi connectivity index (χ2v) is 7.33. The number of benzene rings is 1. The molecule has 0 radical (unpaired) electrons. The van der Waals surface area contributed by atoms with E-state index >= 15 is 0 Å². The van der Waals surface area contributed by atoms with Crippen molar-refractivity contribution >= 4 is 5.96 Å². The minimum Gasteiger partial charge on any atom is -0.379 e. The van der Waals surface area contributed by atoms with Crippen LogP contribution in [0.3, 0.4) is 0 Å². The Morgan fingerprint density at radius 2 is 2.12 bits per heavy atom. The highest BCUT2D eigenvalue weighted by molar-refractivity contribution is 5.79.